The van der Waals surface area contributed by atoms with Gasteiger partial charge in [0.1, 0.15) is 0 Å². The smallest absolute Gasteiger partial charge is 0.336 e. The molecule has 1 aromatic rings. The minimum Gasteiger partial charge on any atom is -0.478 e. The van der Waals surface area contributed by atoms with Gasteiger partial charge in [0.15, 0.2) is 0 Å². The van der Waals surface area contributed by atoms with Crippen molar-refractivity contribution in [3.63, 3.8) is 0 Å². The maximum Gasteiger partial charge on any atom is 0.336 e. The van der Waals surface area contributed by atoms with Crippen molar-refractivity contribution in [2.45, 2.75) is 26.2 Å². The average molecular weight is 304 g/mol. The minimum atomic E-state index is -0.840. The highest BCUT2D eigenvalue weighted by Crippen LogP contribution is 2.16. The van der Waals surface area contributed by atoms with Gasteiger partial charge in [0.2, 0.25) is 0 Å². The van der Waals surface area contributed by atoms with Crippen LogP contribution in [0.2, 0.25) is 0 Å². The Labute approximate surface area is 97.5 Å². The first-order valence-corrected chi connectivity index (χ1v) is 5.74. The first-order valence-electron chi connectivity index (χ1n) is 4.67. The fourth-order valence-electron chi connectivity index (χ4n) is 1.27. The molecule has 0 aliphatic rings. The van der Waals surface area contributed by atoms with E-state index in [9.17, 15) is 4.79 Å². The molecule has 0 bridgehead atoms. The molecule has 0 aliphatic carbocycles. The Balaban J connectivity index is 2.89. The molecule has 0 spiro atoms. The molecule has 0 radical (unpaired) electrons. The maximum atomic E-state index is 10.8. The predicted molar refractivity (Wildman–Crippen MR) is 64.7 cm³/mol. The Bertz CT molecular complexity index is 334. The largest absolute Gasteiger partial charge is 0.478 e. The summed E-state index contributed by atoms with van der Waals surface area (Å²) < 4.78 is 0.801. The number of benzene rings is 1. The Morgan fingerprint density at radius 2 is 2.21 bits per heavy atom. The summed E-state index contributed by atoms with van der Waals surface area (Å²) in [6, 6.07) is 5.65. The van der Waals surface area contributed by atoms with Gasteiger partial charge in [-0.05, 0) is 53.1 Å². The summed E-state index contributed by atoms with van der Waals surface area (Å²) in [6.07, 6.45) is 3.21. The van der Waals surface area contributed by atoms with E-state index in [4.69, 9.17) is 5.11 Å². The molecule has 0 saturated heterocycles. The van der Waals surface area contributed by atoms with Crippen LogP contribution in [-0.4, -0.2) is 11.1 Å². The molecule has 2 nitrogen and oxygen atoms in total. The maximum absolute atomic E-state index is 10.8. The van der Waals surface area contributed by atoms with Crippen molar-refractivity contribution in [2.24, 2.45) is 0 Å². The minimum absolute atomic E-state index is 0.416. The van der Waals surface area contributed by atoms with E-state index in [0.29, 0.717) is 5.56 Å². The van der Waals surface area contributed by atoms with Crippen molar-refractivity contribution in [3.8, 4) is 0 Å². The number of hydrogen-bond acceptors (Lipinski definition) is 1. The number of halogens is 1. The molecule has 0 aliphatic heterocycles. The van der Waals surface area contributed by atoms with E-state index in [0.717, 1.165) is 28.4 Å². The zero-order chi connectivity index (χ0) is 10.6. The molecule has 1 aromatic carbocycles. The van der Waals surface area contributed by atoms with Crippen LogP contribution in [0.3, 0.4) is 0 Å². The normalized spacial score (nSPS) is 10.1. The Morgan fingerprint density at radius 1 is 1.50 bits per heavy atom. The van der Waals surface area contributed by atoms with E-state index in [1.54, 1.807) is 6.07 Å². The van der Waals surface area contributed by atoms with Crippen LogP contribution in [0.25, 0.3) is 0 Å². The number of carbonyl (C=O) groups is 1. The number of rotatable bonds is 4. The Kier molecular flexibility index (Phi) is 4.38. The third kappa shape index (κ3) is 2.97. The first kappa shape index (κ1) is 11.5. The molecule has 0 heterocycles. The number of hydrogen-bond donors (Lipinski definition) is 1. The van der Waals surface area contributed by atoms with E-state index < -0.39 is 5.97 Å². The average Bonchev–Trinajstić information content (AvgIpc) is 2.16. The van der Waals surface area contributed by atoms with E-state index >= 15 is 0 Å². The van der Waals surface area contributed by atoms with Crippen LogP contribution in [0.4, 0.5) is 0 Å². The van der Waals surface area contributed by atoms with Crippen LogP contribution in [0.1, 0.15) is 35.7 Å². The van der Waals surface area contributed by atoms with Gasteiger partial charge in [-0.1, -0.05) is 19.4 Å². The van der Waals surface area contributed by atoms with Crippen LogP contribution in [0.15, 0.2) is 18.2 Å². The van der Waals surface area contributed by atoms with Crippen LogP contribution in [0, 0.1) is 3.57 Å². The van der Waals surface area contributed by atoms with E-state index in [1.165, 1.54) is 0 Å². The summed E-state index contributed by atoms with van der Waals surface area (Å²) in [5.74, 6) is -0.840. The number of aromatic carboxylic acids is 1. The summed E-state index contributed by atoms with van der Waals surface area (Å²) in [4.78, 5) is 10.8. The monoisotopic (exact) mass is 304 g/mol. The van der Waals surface area contributed by atoms with Gasteiger partial charge in [0.25, 0.3) is 0 Å². The van der Waals surface area contributed by atoms with Crippen LogP contribution in [0.5, 0.6) is 0 Å². The molecule has 3 heteroatoms. The second-order valence-corrected chi connectivity index (χ2v) is 4.39. The van der Waals surface area contributed by atoms with Gasteiger partial charge in [0.05, 0.1) is 5.56 Å². The highest BCUT2D eigenvalue weighted by atomic mass is 127. The molecule has 1 rings (SSSR count). The zero-order valence-electron chi connectivity index (χ0n) is 8.09. The number of carboxylic acids is 1. The molecule has 0 unspecified atom stereocenters. The topological polar surface area (TPSA) is 37.3 Å². The van der Waals surface area contributed by atoms with Gasteiger partial charge < -0.3 is 5.11 Å². The highest BCUT2D eigenvalue weighted by Gasteiger charge is 2.08. The van der Waals surface area contributed by atoms with Crippen molar-refractivity contribution in [1.29, 1.82) is 0 Å². The lowest BCUT2D eigenvalue weighted by Gasteiger charge is -2.03. The van der Waals surface area contributed by atoms with Gasteiger partial charge in [0, 0.05) is 3.57 Å². The van der Waals surface area contributed by atoms with Gasteiger partial charge >= 0.3 is 5.97 Å². The molecule has 1 N–H and O–H groups in total. The molecule has 0 atom stereocenters. The van der Waals surface area contributed by atoms with Crippen molar-refractivity contribution >= 4 is 28.6 Å². The second kappa shape index (κ2) is 5.34. The van der Waals surface area contributed by atoms with Crippen LogP contribution < -0.4 is 0 Å². The lowest BCUT2D eigenvalue weighted by Crippen LogP contribution is -2.00. The molecule has 76 valence electrons. The van der Waals surface area contributed by atoms with Crippen molar-refractivity contribution in [3.05, 3.63) is 32.9 Å². The Hall–Kier alpha value is -0.580. The number of carboxylic acid groups (broad SMARTS) is 1. The number of aryl methyl sites for hydroxylation is 1. The molecule has 0 amide bonds. The van der Waals surface area contributed by atoms with Gasteiger partial charge in [-0.15, -0.1) is 0 Å². The number of unbranched alkanes of at least 4 members (excludes halogenated alkanes) is 1. The van der Waals surface area contributed by atoms with Crippen molar-refractivity contribution in [1.82, 2.24) is 0 Å². The van der Waals surface area contributed by atoms with Crippen LogP contribution >= 0.6 is 22.6 Å². The molecule has 14 heavy (non-hydrogen) atoms. The predicted octanol–water partition coefficient (Wildman–Crippen LogP) is 3.33. The lowest BCUT2D eigenvalue weighted by molar-refractivity contribution is 0.0695. The molecule has 0 saturated carbocycles. The van der Waals surface area contributed by atoms with Crippen molar-refractivity contribution < 1.29 is 9.90 Å². The lowest BCUT2D eigenvalue weighted by atomic mass is 10.1. The second-order valence-electron chi connectivity index (χ2n) is 3.22. The van der Waals surface area contributed by atoms with Gasteiger partial charge in [-0.25, -0.2) is 4.79 Å². The highest BCUT2D eigenvalue weighted by molar-refractivity contribution is 14.1. The standard InChI is InChI=1S/C11H13IO2/c1-2-3-4-8-5-6-10(12)9(7-8)11(13)14/h5-7H,2-4H2,1H3,(H,13,14). The summed E-state index contributed by atoms with van der Waals surface area (Å²) >= 11 is 2.05. The molecular formula is C11H13IO2. The third-order valence-electron chi connectivity index (χ3n) is 2.08. The quantitative estimate of drug-likeness (QED) is 0.866. The van der Waals surface area contributed by atoms with E-state index in [-0.39, 0.29) is 0 Å². The molecule has 0 aromatic heterocycles. The Morgan fingerprint density at radius 3 is 2.79 bits per heavy atom. The van der Waals surface area contributed by atoms with Gasteiger partial charge in [-0.3, -0.25) is 0 Å². The summed E-state index contributed by atoms with van der Waals surface area (Å²) in [6.45, 7) is 2.13. The summed E-state index contributed by atoms with van der Waals surface area (Å²) in [5, 5.41) is 8.91. The molecular weight excluding hydrogens is 291 g/mol. The SMILES string of the molecule is CCCCc1ccc(I)c(C(=O)O)c1. The van der Waals surface area contributed by atoms with Crippen molar-refractivity contribution in [2.75, 3.05) is 0 Å². The van der Waals surface area contributed by atoms with Crippen LogP contribution in [-0.2, 0) is 6.42 Å². The summed E-state index contributed by atoms with van der Waals surface area (Å²) in [5.41, 5.74) is 1.53. The first-order chi connectivity index (χ1) is 6.65. The zero-order valence-corrected chi connectivity index (χ0v) is 10.2. The van der Waals surface area contributed by atoms with Gasteiger partial charge in [-0.2, -0.15) is 0 Å². The fraction of sp³-hybridized carbons (Fsp3) is 0.364. The third-order valence-corrected chi connectivity index (χ3v) is 3.02. The molecule has 0 fully saturated rings. The van der Waals surface area contributed by atoms with E-state index in [1.807, 2.05) is 34.7 Å². The van der Waals surface area contributed by atoms with E-state index in [2.05, 4.69) is 6.92 Å². The fourth-order valence-corrected chi connectivity index (χ4v) is 1.84. The summed E-state index contributed by atoms with van der Waals surface area (Å²) in [7, 11) is 0.